The Morgan fingerprint density at radius 3 is 2.69 bits per heavy atom. The molecule has 0 saturated carbocycles. The van der Waals surface area contributed by atoms with Gasteiger partial charge in [0, 0.05) is 22.7 Å². The number of rotatable bonds is 4. The van der Waals surface area contributed by atoms with Gasteiger partial charge in [0.05, 0.1) is 5.69 Å². The second-order valence-electron chi connectivity index (χ2n) is 5.75. The Labute approximate surface area is 155 Å². The minimum Gasteiger partial charge on any atom is -0.369 e. The molecule has 0 aliphatic heterocycles. The number of benzene rings is 2. The van der Waals surface area contributed by atoms with E-state index in [-0.39, 0.29) is 17.5 Å². The Hall–Kier alpha value is -3.12. The molecule has 6 nitrogen and oxygen atoms in total. The predicted octanol–water partition coefficient (Wildman–Crippen LogP) is 3.38. The summed E-state index contributed by atoms with van der Waals surface area (Å²) >= 11 is 5.93. The average molecular weight is 368 g/mol. The standard InChI is InChI=1S/C19H18ClN5O/c1-12-16(10-13-6-3-2-4-7-13)17(26)24-19(22-12)25-18(21)23-15-9-5-8-14(20)11-15/h2-9,11H,10H2,1H3,(H4,21,22,23,24,25,26). The number of aromatic nitrogens is 2. The first-order chi connectivity index (χ1) is 12.5. The summed E-state index contributed by atoms with van der Waals surface area (Å²) in [5.74, 6) is 0.252. The van der Waals surface area contributed by atoms with Crippen molar-refractivity contribution in [1.82, 2.24) is 9.97 Å². The Balaban J connectivity index is 1.82. The molecule has 0 atom stereocenters. The van der Waals surface area contributed by atoms with Crippen LogP contribution in [0.25, 0.3) is 0 Å². The second-order valence-corrected chi connectivity index (χ2v) is 6.18. The number of aromatic amines is 1. The van der Waals surface area contributed by atoms with Crippen LogP contribution in [0.5, 0.6) is 0 Å². The van der Waals surface area contributed by atoms with Gasteiger partial charge in [0.25, 0.3) is 5.56 Å². The van der Waals surface area contributed by atoms with Gasteiger partial charge in [-0.3, -0.25) is 9.78 Å². The number of halogens is 1. The van der Waals surface area contributed by atoms with Crippen molar-refractivity contribution in [2.24, 2.45) is 10.7 Å². The molecule has 4 N–H and O–H groups in total. The fraction of sp³-hybridized carbons (Fsp3) is 0.105. The SMILES string of the molecule is Cc1nc(/N=C(\N)Nc2cccc(Cl)c2)[nH]c(=O)c1Cc1ccccc1. The Kier molecular flexibility index (Phi) is 5.34. The van der Waals surface area contributed by atoms with E-state index in [0.717, 1.165) is 5.56 Å². The molecule has 132 valence electrons. The lowest BCUT2D eigenvalue weighted by Gasteiger charge is -2.07. The Morgan fingerprint density at radius 2 is 2.00 bits per heavy atom. The molecule has 1 aromatic heterocycles. The molecule has 26 heavy (non-hydrogen) atoms. The second kappa shape index (κ2) is 7.84. The van der Waals surface area contributed by atoms with Crippen LogP contribution < -0.4 is 16.6 Å². The number of guanidine groups is 1. The summed E-state index contributed by atoms with van der Waals surface area (Å²) in [6.45, 7) is 1.78. The number of aliphatic imine (C=N–C) groups is 1. The van der Waals surface area contributed by atoms with Gasteiger partial charge in [-0.15, -0.1) is 0 Å². The largest absolute Gasteiger partial charge is 0.369 e. The van der Waals surface area contributed by atoms with Crippen LogP contribution in [0.2, 0.25) is 5.02 Å². The molecule has 0 unspecified atom stereocenters. The molecule has 2 aromatic carbocycles. The van der Waals surface area contributed by atoms with Crippen LogP contribution in [0.4, 0.5) is 11.6 Å². The average Bonchev–Trinajstić information content (AvgIpc) is 2.59. The first-order valence-electron chi connectivity index (χ1n) is 8.02. The van der Waals surface area contributed by atoms with Crippen molar-refractivity contribution in [2.75, 3.05) is 5.32 Å². The fourth-order valence-corrected chi connectivity index (χ4v) is 2.70. The van der Waals surface area contributed by atoms with E-state index in [0.29, 0.717) is 28.4 Å². The predicted molar refractivity (Wildman–Crippen MR) is 105 cm³/mol. The van der Waals surface area contributed by atoms with Crippen LogP contribution in [0.3, 0.4) is 0 Å². The van der Waals surface area contributed by atoms with Crippen LogP contribution >= 0.6 is 11.6 Å². The van der Waals surface area contributed by atoms with Gasteiger partial charge in [-0.25, -0.2) is 4.98 Å². The number of nitrogens with zero attached hydrogens (tertiary/aromatic N) is 2. The van der Waals surface area contributed by atoms with Crippen molar-refractivity contribution in [3.63, 3.8) is 0 Å². The topological polar surface area (TPSA) is 96.2 Å². The Bertz CT molecular complexity index is 998. The smallest absolute Gasteiger partial charge is 0.256 e. The molecule has 0 amide bonds. The summed E-state index contributed by atoms with van der Waals surface area (Å²) in [5, 5.41) is 3.48. The quantitative estimate of drug-likeness (QED) is 0.486. The highest BCUT2D eigenvalue weighted by Gasteiger charge is 2.09. The van der Waals surface area contributed by atoms with Crippen LogP contribution in [0.1, 0.15) is 16.8 Å². The summed E-state index contributed by atoms with van der Waals surface area (Å²) < 4.78 is 0. The maximum Gasteiger partial charge on any atom is 0.256 e. The van der Waals surface area contributed by atoms with E-state index in [1.807, 2.05) is 30.3 Å². The van der Waals surface area contributed by atoms with Gasteiger partial charge < -0.3 is 11.1 Å². The van der Waals surface area contributed by atoms with Crippen molar-refractivity contribution in [1.29, 1.82) is 0 Å². The molecule has 3 rings (SSSR count). The molecule has 0 aliphatic rings. The Morgan fingerprint density at radius 1 is 1.23 bits per heavy atom. The van der Waals surface area contributed by atoms with Gasteiger partial charge in [-0.1, -0.05) is 48.0 Å². The molecule has 0 radical (unpaired) electrons. The normalized spacial score (nSPS) is 11.4. The number of nitrogens with two attached hydrogens (primary N) is 1. The highest BCUT2D eigenvalue weighted by atomic mass is 35.5. The van der Waals surface area contributed by atoms with Crippen molar-refractivity contribution < 1.29 is 0 Å². The first kappa shape index (κ1) is 17.7. The molecule has 0 fully saturated rings. The van der Waals surface area contributed by atoms with Gasteiger partial charge in [-0.05, 0) is 30.7 Å². The van der Waals surface area contributed by atoms with Crippen LogP contribution in [0, 0.1) is 6.92 Å². The zero-order valence-electron chi connectivity index (χ0n) is 14.2. The van der Waals surface area contributed by atoms with Crippen LogP contribution in [-0.4, -0.2) is 15.9 Å². The van der Waals surface area contributed by atoms with Gasteiger partial charge >= 0.3 is 0 Å². The van der Waals surface area contributed by atoms with E-state index < -0.39 is 0 Å². The van der Waals surface area contributed by atoms with E-state index in [1.54, 1.807) is 31.2 Å². The van der Waals surface area contributed by atoms with E-state index in [9.17, 15) is 4.79 Å². The van der Waals surface area contributed by atoms with Crippen molar-refractivity contribution >= 4 is 29.2 Å². The summed E-state index contributed by atoms with van der Waals surface area (Å²) in [4.78, 5) is 23.5. The van der Waals surface area contributed by atoms with Crippen LogP contribution in [-0.2, 0) is 6.42 Å². The molecule has 0 bridgehead atoms. The van der Waals surface area contributed by atoms with Crippen molar-refractivity contribution in [2.45, 2.75) is 13.3 Å². The maximum absolute atomic E-state index is 12.4. The molecule has 0 spiro atoms. The summed E-state index contributed by atoms with van der Waals surface area (Å²) in [6, 6.07) is 16.8. The first-order valence-corrected chi connectivity index (χ1v) is 8.39. The van der Waals surface area contributed by atoms with Crippen molar-refractivity contribution in [3.05, 3.63) is 86.8 Å². The summed E-state index contributed by atoms with van der Waals surface area (Å²) in [7, 11) is 0. The monoisotopic (exact) mass is 367 g/mol. The molecular formula is C19H18ClN5O. The van der Waals surface area contributed by atoms with Crippen molar-refractivity contribution in [3.8, 4) is 0 Å². The summed E-state index contributed by atoms with van der Waals surface area (Å²) in [5.41, 5.74) is 8.62. The molecule has 0 aliphatic carbocycles. The van der Waals surface area contributed by atoms with Crippen LogP contribution in [0.15, 0.2) is 64.4 Å². The maximum atomic E-state index is 12.4. The third-order valence-corrected chi connectivity index (χ3v) is 3.99. The number of hydrogen-bond acceptors (Lipinski definition) is 3. The number of aryl methyl sites for hydroxylation is 1. The molecular weight excluding hydrogens is 350 g/mol. The lowest BCUT2D eigenvalue weighted by molar-refractivity contribution is 0.973. The minimum atomic E-state index is -0.226. The third kappa shape index (κ3) is 4.49. The lowest BCUT2D eigenvalue weighted by atomic mass is 10.1. The molecule has 7 heteroatoms. The third-order valence-electron chi connectivity index (χ3n) is 3.76. The van der Waals surface area contributed by atoms with E-state index >= 15 is 0 Å². The number of nitrogens with one attached hydrogen (secondary N) is 2. The highest BCUT2D eigenvalue weighted by Crippen LogP contribution is 2.15. The minimum absolute atomic E-state index is 0.102. The van der Waals surface area contributed by atoms with E-state index in [4.69, 9.17) is 17.3 Å². The van der Waals surface area contributed by atoms with E-state index in [2.05, 4.69) is 20.3 Å². The van der Waals surface area contributed by atoms with E-state index in [1.165, 1.54) is 0 Å². The van der Waals surface area contributed by atoms with Gasteiger partial charge in [-0.2, -0.15) is 4.99 Å². The summed E-state index contributed by atoms with van der Waals surface area (Å²) in [6.07, 6.45) is 0.509. The zero-order valence-corrected chi connectivity index (χ0v) is 14.9. The fourth-order valence-electron chi connectivity index (χ4n) is 2.51. The highest BCUT2D eigenvalue weighted by molar-refractivity contribution is 6.30. The lowest BCUT2D eigenvalue weighted by Crippen LogP contribution is -2.23. The number of hydrogen-bond donors (Lipinski definition) is 3. The zero-order chi connectivity index (χ0) is 18.5. The molecule has 0 saturated heterocycles. The number of H-pyrrole nitrogens is 1. The van der Waals surface area contributed by atoms with Gasteiger partial charge in [0.15, 0.2) is 0 Å². The molecule has 1 heterocycles. The van der Waals surface area contributed by atoms with Gasteiger partial charge in [0.2, 0.25) is 11.9 Å². The van der Waals surface area contributed by atoms with Gasteiger partial charge in [0.1, 0.15) is 0 Å². The number of anilines is 1. The molecule has 3 aromatic rings.